The summed E-state index contributed by atoms with van der Waals surface area (Å²) in [6, 6.07) is 2.47. The zero-order valence-corrected chi connectivity index (χ0v) is 10.7. The van der Waals surface area contributed by atoms with Crippen LogP contribution in [0.4, 0.5) is 5.69 Å². The number of piperidine rings is 1. The van der Waals surface area contributed by atoms with Gasteiger partial charge in [-0.15, -0.1) is 0 Å². The Kier molecular flexibility index (Phi) is 3.37. The quantitative estimate of drug-likeness (QED) is 0.881. The number of nitrogens with two attached hydrogens (primary N) is 1. The fourth-order valence-corrected chi connectivity index (χ4v) is 2.32. The molecule has 0 unspecified atom stereocenters. The van der Waals surface area contributed by atoms with Gasteiger partial charge in [-0.2, -0.15) is 0 Å². The van der Waals surface area contributed by atoms with Crippen molar-refractivity contribution in [1.29, 1.82) is 0 Å². The lowest BCUT2D eigenvalue weighted by atomic mass is 10.1. The topological polar surface area (TPSA) is 51.4 Å². The second-order valence-electron chi connectivity index (χ2n) is 5.46. The Morgan fingerprint density at radius 3 is 2.72 bits per heavy atom. The molecule has 1 saturated carbocycles. The van der Waals surface area contributed by atoms with Gasteiger partial charge in [0.05, 0.1) is 24.7 Å². The zero-order valence-electron chi connectivity index (χ0n) is 10.7. The third-order valence-corrected chi connectivity index (χ3v) is 3.79. The van der Waals surface area contributed by atoms with Crippen LogP contribution < -0.4 is 15.4 Å². The molecule has 2 heterocycles. The maximum atomic E-state index is 5.93. The second kappa shape index (κ2) is 5.14. The van der Waals surface area contributed by atoms with Crippen LogP contribution in [0, 0.1) is 5.92 Å². The van der Waals surface area contributed by atoms with E-state index in [9.17, 15) is 0 Å². The summed E-state index contributed by atoms with van der Waals surface area (Å²) >= 11 is 0. The van der Waals surface area contributed by atoms with Crippen molar-refractivity contribution in [2.45, 2.75) is 31.7 Å². The van der Waals surface area contributed by atoms with Gasteiger partial charge in [0.2, 0.25) is 0 Å². The zero-order chi connectivity index (χ0) is 12.4. The minimum Gasteiger partial charge on any atom is -0.492 e. The summed E-state index contributed by atoms with van der Waals surface area (Å²) in [7, 11) is 0. The molecule has 1 aromatic rings. The summed E-state index contributed by atoms with van der Waals surface area (Å²) in [5, 5.41) is 0. The van der Waals surface area contributed by atoms with Crippen molar-refractivity contribution in [3.05, 3.63) is 18.5 Å². The Hall–Kier alpha value is -1.29. The van der Waals surface area contributed by atoms with Gasteiger partial charge in [0, 0.05) is 25.2 Å². The van der Waals surface area contributed by atoms with Gasteiger partial charge in [-0.25, -0.2) is 0 Å². The Bertz CT molecular complexity index is 398. The number of pyridine rings is 1. The van der Waals surface area contributed by atoms with E-state index in [4.69, 9.17) is 10.5 Å². The summed E-state index contributed by atoms with van der Waals surface area (Å²) in [5.74, 6) is 1.68. The fraction of sp³-hybridized carbons (Fsp3) is 0.643. The molecule has 4 heteroatoms. The first-order valence-electron chi connectivity index (χ1n) is 6.89. The molecule has 0 bridgehead atoms. The highest BCUT2D eigenvalue weighted by Gasteiger charge is 2.22. The molecule has 2 N–H and O–H groups in total. The largest absolute Gasteiger partial charge is 0.492 e. The highest BCUT2D eigenvalue weighted by Crippen LogP contribution is 2.30. The van der Waals surface area contributed by atoms with Crippen molar-refractivity contribution in [1.82, 2.24) is 4.98 Å². The molecular formula is C14H21N3O. The predicted octanol–water partition coefficient (Wildman–Crippen LogP) is 1.80. The predicted molar refractivity (Wildman–Crippen MR) is 71.9 cm³/mol. The molecule has 0 aromatic carbocycles. The molecule has 0 radical (unpaired) electrons. The van der Waals surface area contributed by atoms with Crippen LogP contribution in [0.15, 0.2) is 18.5 Å². The van der Waals surface area contributed by atoms with Gasteiger partial charge >= 0.3 is 0 Å². The van der Waals surface area contributed by atoms with E-state index in [2.05, 4.69) is 16.0 Å². The minimum atomic E-state index is 0.364. The summed E-state index contributed by atoms with van der Waals surface area (Å²) in [4.78, 5) is 6.63. The van der Waals surface area contributed by atoms with E-state index in [0.29, 0.717) is 6.04 Å². The molecule has 0 spiro atoms. The van der Waals surface area contributed by atoms with Gasteiger partial charge in [-0.1, -0.05) is 0 Å². The van der Waals surface area contributed by atoms with Crippen LogP contribution in [0.1, 0.15) is 25.7 Å². The fourth-order valence-electron chi connectivity index (χ4n) is 2.32. The average Bonchev–Trinajstić information content (AvgIpc) is 3.22. The van der Waals surface area contributed by atoms with E-state index in [1.165, 1.54) is 12.8 Å². The number of nitrogens with zero attached hydrogens (tertiary/aromatic N) is 2. The van der Waals surface area contributed by atoms with Gasteiger partial charge in [0.25, 0.3) is 0 Å². The van der Waals surface area contributed by atoms with E-state index < -0.39 is 0 Å². The Morgan fingerprint density at radius 2 is 2.00 bits per heavy atom. The van der Waals surface area contributed by atoms with Crippen molar-refractivity contribution in [3.8, 4) is 5.75 Å². The molecule has 1 saturated heterocycles. The van der Waals surface area contributed by atoms with Crippen LogP contribution >= 0.6 is 0 Å². The third kappa shape index (κ3) is 2.93. The molecule has 1 aliphatic carbocycles. The molecule has 0 atom stereocenters. The molecule has 4 nitrogen and oxygen atoms in total. The van der Waals surface area contributed by atoms with Gasteiger partial charge in [0.15, 0.2) is 0 Å². The van der Waals surface area contributed by atoms with Crippen molar-refractivity contribution < 1.29 is 4.74 Å². The van der Waals surface area contributed by atoms with Crippen LogP contribution in [-0.2, 0) is 0 Å². The summed E-state index contributed by atoms with van der Waals surface area (Å²) in [6.45, 7) is 2.89. The van der Waals surface area contributed by atoms with Gasteiger partial charge in [0.1, 0.15) is 5.75 Å². The van der Waals surface area contributed by atoms with Crippen LogP contribution in [0.25, 0.3) is 0 Å². The number of anilines is 1. The van der Waals surface area contributed by atoms with Crippen LogP contribution in [-0.4, -0.2) is 30.7 Å². The van der Waals surface area contributed by atoms with E-state index >= 15 is 0 Å². The molecular weight excluding hydrogens is 226 g/mol. The highest BCUT2D eigenvalue weighted by atomic mass is 16.5. The summed E-state index contributed by atoms with van der Waals surface area (Å²) in [6.07, 6.45) is 8.48. The van der Waals surface area contributed by atoms with Crippen LogP contribution in [0.3, 0.4) is 0 Å². The molecule has 1 aromatic heterocycles. The minimum absolute atomic E-state index is 0.364. The lowest BCUT2D eigenvalue weighted by molar-refractivity contribution is 0.298. The monoisotopic (exact) mass is 247 g/mol. The second-order valence-corrected chi connectivity index (χ2v) is 5.46. The van der Waals surface area contributed by atoms with E-state index in [1.807, 2.05) is 12.4 Å². The molecule has 1 aliphatic heterocycles. The molecule has 3 rings (SSSR count). The lowest BCUT2D eigenvalue weighted by Crippen LogP contribution is -2.39. The first-order chi connectivity index (χ1) is 8.81. The first kappa shape index (κ1) is 11.8. The number of rotatable bonds is 4. The maximum Gasteiger partial charge on any atom is 0.139 e. The lowest BCUT2D eigenvalue weighted by Gasteiger charge is -2.31. The van der Waals surface area contributed by atoms with Crippen molar-refractivity contribution in [3.63, 3.8) is 0 Å². The van der Waals surface area contributed by atoms with Gasteiger partial charge in [-0.3, -0.25) is 4.98 Å². The third-order valence-electron chi connectivity index (χ3n) is 3.79. The first-order valence-corrected chi connectivity index (χ1v) is 6.89. The molecule has 18 heavy (non-hydrogen) atoms. The molecule has 0 amide bonds. The number of hydrogen-bond acceptors (Lipinski definition) is 4. The van der Waals surface area contributed by atoms with Gasteiger partial charge < -0.3 is 15.4 Å². The van der Waals surface area contributed by atoms with E-state index in [1.54, 1.807) is 0 Å². The van der Waals surface area contributed by atoms with Crippen LogP contribution in [0.5, 0.6) is 5.75 Å². The van der Waals surface area contributed by atoms with Gasteiger partial charge in [-0.05, 0) is 31.6 Å². The summed E-state index contributed by atoms with van der Waals surface area (Å²) in [5.41, 5.74) is 7.09. The highest BCUT2D eigenvalue weighted by molar-refractivity contribution is 5.48. The van der Waals surface area contributed by atoms with Crippen molar-refractivity contribution >= 4 is 5.69 Å². The van der Waals surface area contributed by atoms with Crippen LogP contribution in [0.2, 0.25) is 0 Å². The SMILES string of the molecule is NC1CCN(c2cncc(OCC3CC3)c2)CC1. The number of aromatic nitrogens is 1. The normalized spacial score (nSPS) is 21.1. The molecule has 2 aliphatic rings. The summed E-state index contributed by atoms with van der Waals surface area (Å²) < 4.78 is 5.77. The Morgan fingerprint density at radius 1 is 1.22 bits per heavy atom. The van der Waals surface area contributed by atoms with E-state index in [0.717, 1.165) is 49.9 Å². The molecule has 98 valence electrons. The number of ether oxygens (including phenoxy) is 1. The standard InChI is InChI=1S/C14H21N3O/c15-12-3-5-17(6-4-12)13-7-14(9-16-8-13)18-10-11-1-2-11/h7-9,11-12H,1-6,10,15H2. The van der Waals surface area contributed by atoms with E-state index in [-0.39, 0.29) is 0 Å². The maximum absolute atomic E-state index is 5.93. The van der Waals surface area contributed by atoms with Crippen molar-refractivity contribution in [2.24, 2.45) is 11.7 Å². The smallest absolute Gasteiger partial charge is 0.139 e. The molecule has 2 fully saturated rings. The van der Waals surface area contributed by atoms with Crippen molar-refractivity contribution in [2.75, 3.05) is 24.6 Å². The average molecular weight is 247 g/mol. The Labute approximate surface area is 108 Å². The number of hydrogen-bond donors (Lipinski definition) is 1. The Balaban J connectivity index is 1.62.